The third kappa shape index (κ3) is 2.65. The quantitative estimate of drug-likeness (QED) is 0.860. The number of hydrogen-bond acceptors (Lipinski definition) is 3. The minimum atomic E-state index is -1.15. The minimum absolute atomic E-state index is 0.241. The van der Waals surface area contributed by atoms with Crippen molar-refractivity contribution in [1.29, 1.82) is 0 Å². The molecule has 0 bridgehead atoms. The molecule has 1 heterocycles. The number of carboxylic acid groups (broad SMARTS) is 1. The van der Waals surface area contributed by atoms with Gasteiger partial charge in [-0.1, -0.05) is 30.3 Å². The van der Waals surface area contributed by atoms with Gasteiger partial charge in [0.15, 0.2) is 0 Å². The summed E-state index contributed by atoms with van der Waals surface area (Å²) in [5.74, 6) is -0.527. The summed E-state index contributed by atoms with van der Waals surface area (Å²) in [6, 6.07) is 9.11. The number of hydrogen-bond donors (Lipinski definition) is 1. The van der Waals surface area contributed by atoms with Gasteiger partial charge in [0.1, 0.15) is 0 Å². The predicted molar refractivity (Wildman–Crippen MR) is 69.2 cm³/mol. The first-order valence-corrected chi connectivity index (χ1v) is 5.81. The van der Waals surface area contributed by atoms with Crippen LogP contribution in [0.15, 0.2) is 42.7 Å². The van der Waals surface area contributed by atoms with Crippen molar-refractivity contribution < 1.29 is 19.4 Å². The second-order valence-corrected chi connectivity index (χ2v) is 3.86. The third-order valence-electron chi connectivity index (χ3n) is 2.63. The molecular formula is C14H13NO4. The molecule has 5 heteroatoms. The molecule has 0 aliphatic rings. The van der Waals surface area contributed by atoms with Gasteiger partial charge in [-0.15, -0.1) is 0 Å². The zero-order valence-electron chi connectivity index (χ0n) is 10.4. The van der Waals surface area contributed by atoms with Gasteiger partial charge < -0.3 is 9.84 Å². The Balaban J connectivity index is 2.52. The summed E-state index contributed by atoms with van der Waals surface area (Å²) in [7, 11) is 0. The molecule has 0 aliphatic heterocycles. The van der Waals surface area contributed by atoms with Gasteiger partial charge in [0, 0.05) is 18.0 Å². The molecule has 1 aromatic carbocycles. The van der Waals surface area contributed by atoms with Crippen molar-refractivity contribution in [3.05, 3.63) is 48.3 Å². The van der Waals surface area contributed by atoms with Gasteiger partial charge in [0.2, 0.25) is 0 Å². The maximum Gasteiger partial charge on any atom is 0.415 e. The van der Waals surface area contributed by atoms with E-state index >= 15 is 0 Å². The predicted octanol–water partition coefficient (Wildman–Crippen LogP) is 2.86. The largest absolute Gasteiger partial charge is 0.464 e. The van der Waals surface area contributed by atoms with E-state index in [2.05, 4.69) is 0 Å². The number of carbonyl (C=O) groups is 2. The Morgan fingerprint density at radius 1 is 1.21 bits per heavy atom. The summed E-state index contributed by atoms with van der Waals surface area (Å²) in [6.07, 6.45) is 1.53. The van der Waals surface area contributed by atoms with E-state index in [-0.39, 0.29) is 12.2 Å². The number of esters is 1. The van der Waals surface area contributed by atoms with E-state index < -0.39 is 12.1 Å². The first-order valence-electron chi connectivity index (χ1n) is 5.81. The van der Waals surface area contributed by atoms with Crippen molar-refractivity contribution in [3.63, 3.8) is 0 Å². The lowest BCUT2D eigenvalue weighted by atomic mass is 10.1. The van der Waals surface area contributed by atoms with Gasteiger partial charge in [0.05, 0.1) is 12.2 Å². The summed E-state index contributed by atoms with van der Waals surface area (Å²) in [5, 5.41) is 8.99. The Bertz CT molecular complexity index is 601. The maximum absolute atomic E-state index is 11.8. The van der Waals surface area contributed by atoms with Gasteiger partial charge in [-0.3, -0.25) is 4.57 Å². The van der Waals surface area contributed by atoms with Crippen LogP contribution in [-0.2, 0) is 4.74 Å². The minimum Gasteiger partial charge on any atom is -0.464 e. The molecule has 0 fully saturated rings. The van der Waals surface area contributed by atoms with Crippen molar-refractivity contribution in [3.8, 4) is 11.1 Å². The standard InChI is InChI=1S/C14H13NO4/c1-2-19-13(16)12-9-15(14(17)18)8-11(12)10-6-4-3-5-7-10/h3-9H,2H2,1H3,(H,17,18). The molecule has 19 heavy (non-hydrogen) atoms. The second-order valence-electron chi connectivity index (χ2n) is 3.86. The average molecular weight is 259 g/mol. The van der Waals surface area contributed by atoms with Crippen molar-refractivity contribution >= 4 is 12.1 Å². The van der Waals surface area contributed by atoms with Crippen molar-refractivity contribution in [1.82, 2.24) is 4.57 Å². The van der Waals surface area contributed by atoms with Crippen LogP contribution in [0.5, 0.6) is 0 Å². The van der Waals surface area contributed by atoms with E-state index in [1.54, 1.807) is 6.92 Å². The first-order chi connectivity index (χ1) is 9.13. The van der Waals surface area contributed by atoms with Crippen LogP contribution in [0.25, 0.3) is 11.1 Å². The molecular weight excluding hydrogens is 246 g/mol. The topological polar surface area (TPSA) is 68.5 Å². The molecule has 1 N–H and O–H groups in total. The van der Waals surface area contributed by atoms with E-state index in [4.69, 9.17) is 9.84 Å². The summed E-state index contributed by atoms with van der Waals surface area (Å²) in [6.45, 7) is 1.94. The zero-order chi connectivity index (χ0) is 13.8. The number of nitrogens with zero attached hydrogens (tertiary/aromatic N) is 1. The SMILES string of the molecule is CCOC(=O)c1cn(C(=O)O)cc1-c1ccccc1. The van der Waals surface area contributed by atoms with E-state index in [9.17, 15) is 9.59 Å². The van der Waals surface area contributed by atoms with Crippen LogP contribution < -0.4 is 0 Å². The molecule has 2 rings (SSSR count). The lowest BCUT2D eigenvalue weighted by Gasteiger charge is -2.03. The van der Waals surface area contributed by atoms with E-state index in [0.717, 1.165) is 10.1 Å². The maximum atomic E-state index is 11.8. The van der Waals surface area contributed by atoms with E-state index in [1.807, 2.05) is 30.3 Å². The number of carbonyl (C=O) groups excluding carboxylic acids is 1. The van der Waals surface area contributed by atoms with Crippen LogP contribution in [-0.4, -0.2) is 28.3 Å². The Morgan fingerprint density at radius 2 is 1.89 bits per heavy atom. The molecule has 98 valence electrons. The van der Waals surface area contributed by atoms with Gasteiger partial charge in [-0.05, 0) is 12.5 Å². The molecule has 0 radical (unpaired) electrons. The summed E-state index contributed by atoms with van der Waals surface area (Å²) in [5.41, 5.74) is 1.56. The van der Waals surface area contributed by atoms with Crippen LogP contribution in [0.4, 0.5) is 4.79 Å². The highest BCUT2D eigenvalue weighted by molar-refractivity contribution is 5.98. The molecule has 5 nitrogen and oxygen atoms in total. The lowest BCUT2D eigenvalue weighted by molar-refractivity contribution is 0.0527. The molecule has 0 unspecified atom stereocenters. The summed E-state index contributed by atoms with van der Waals surface area (Å²) < 4.78 is 5.89. The van der Waals surface area contributed by atoms with E-state index in [0.29, 0.717) is 5.56 Å². The Hall–Kier alpha value is -2.56. The van der Waals surface area contributed by atoms with Crippen LogP contribution in [0, 0.1) is 0 Å². The van der Waals surface area contributed by atoms with Gasteiger partial charge in [0.25, 0.3) is 0 Å². The van der Waals surface area contributed by atoms with Crippen molar-refractivity contribution in [2.24, 2.45) is 0 Å². The number of benzene rings is 1. The molecule has 0 spiro atoms. The molecule has 0 aliphatic carbocycles. The molecule has 0 atom stereocenters. The van der Waals surface area contributed by atoms with Crippen LogP contribution in [0.2, 0.25) is 0 Å². The van der Waals surface area contributed by atoms with Gasteiger partial charge >= 0.3 is 12.1 Å². The van der Waals surface area contributed by atoms with E-state index in [1.165, 1.54) is 12.4 Å². The normalized spacial score (nSPS) is 10.2. The first kappa shape index (κ1) is 12.9. The molecule has 1 aromatic heterocycles. The van der Waals surface area contributed by atoms with Crippen LogP contribution in [0.1, 0.15) is 17.3 Å². The fourth-order valence-electron chi connectivity index (χ4n) is 1.78. The third-order valence-corrected chi connectivity index (χ3v) is 2.63. The fourth-order valence-corrected chi connectivity index (χ4v) is 1.78. The van der Waals surface area contributed by atoms with Gasteiger partial charge in [-0.25, -0.2) is 9.59 Å². The van der Waals surface area contributed by atoms with Crippen molar-refractivity contribution in [2.75, 3.05) is 6.61 Å². The highest BCUT2D eigenvalue weighted by Crippen LogP contribution is 2.25. The summed E-state index contributed by atoms with van der Waals surface area (Å²) >= 11 is 0. The second kappa shape index (κ2) is 5.39. The molecule has 0 saturated carbocycles. The molecule has 0 amide bonds. The smallest absolute Gasteiger partial charge is 0.415 e. The fraction of sp³-hybridized carbons (Fsp3) is 0.143. The number of ether oxygens (including phenoxy) is 1. The molecule has 2 aromatic rings. The zero-order valence-corrected chi connectivity index (χ0v) is 10.4. The molecule has 0 saturated heterocycles. The number of aromatic nitrogens is 1. The number of rotatable bonds is 3. The highest BCUT2D eigenvalue weighted by Gasteiger charge is 2.18. The van der Waals surface area contributed by atoms with Crippen LogP contribution in [0.3, 0.4) is 0 Å². The lowest BCUT2D eigenvalue weighted by Crippen LogP contribution is -2.06. The average Bonchev–Trinajstić information content (AvgIpc) is 2.85. The Morgan fingerprint density at radius 3 is 2.47 bits per heavy atom. The monoisotopic (exact) mass is 259 g/mol. The highest BCUT2D eigenvalue weighted by atomic mass is 16.5. The summed E-state index contributed by atoms with van der Waals surface area (Å²) in [4.78, 5) is 22.8. The Labute approximate surface area is 110 Å². The Kier molecular flexibility index (Phi) is 3.66. The van der Waals surface area contributed by atoms with Gasteiger partial charge in [-0.2, -0.15) is 0 Å². The van der Waals surface area contributed by atoms with Crippen molar-refractivity contribution in [2.45, 2.75) is 6.92 Å². The van der Waals surface area contributed by atoms with Crippen LogP contribution >= 0.6 is 0 Å².